The average Bonchev–Trinajstić information content (AvgIpc) is 2.44. The average molecular weight is 360 g/mol. The molecule has 0 aliphatic heterocycles. The minimum Gasteiger partial charge on any atom is -0.294 e. The third kappa shape index (κ3) is 6.90. The summed E-state index contributed by atoms with van der Waals surface area (Å²) in [7, 11) is 0. The first-order chi connectivity index (χ1) is 9.65. The van der Waals surface area contributed by atoms with Gasteiger partial charge in [0, 0.05) is 16.5 Å². The summed E-state index contributed by atoms with van der Waals surface area (Å²) in [6, 6.07) is 5.42. The van der Waals surface area contributed by atoms with E-state index in [4.69, 9.17) is 11.6 Å². The first kappa shape index (κ1) is 17.7. The summed E-state index contributed by atoms with van der Waals surface area (Å²) in [6.07, 6.45) is 10.7. The Labute approximate surface area is 136 Å². The molecule has 20 heavy (non-hydrogen) atoms. The minimum absolute atomic E-state index is 0.199. The van der Waals surface area contributed by atoms with Crippen LogP contribution in [0, 0.1) is 0 Å². The molecule has 0 saturated heterocycles. The number of rotatable bonds is 10. The Balaban J connectivity index is 2.15. The van der Waals surface area contributed by atoms with Crippen molar-refractivity contribution in [3.63, 3.8) is 0 Å². The fourth-order valence-electron chi connectivity index (χ4n) is 2.23. The maximum Gasteiger partial charge on any atom is 0.162 e. The van der Waals surface area contributed by atoms with Crippen LogP contribution in [0.3, 0.4) is 0 Å². The van der Waals surface area contributed by atoms with Gasteiger partial charge in [-0.15, -0.1) is 0 Å². The Morgan fingerprint density at radius 2 is 1.65 bits per heavy atom. The minimum atomic E-state index is 0.199. The fraction of sp³-hybridized carbons (Fsp3) is 0.588. The predicted octanol–water partition coefficient (Wildman–Crippen LogP) is 6.82. The number of hydrogen-bond acceptors (Lipinski definition) is 1. The van der Waals surface area contributed by atoms with E-state index in [9.17, 15) is 4.79 Å². The van der Waals surface area contributed by atoms with Gasteiger partial charge in [-0.3, -0.25) is 4.79 Å². The zero-order chi connectivity index (χ0) is 14.8. The lowest BCUT2D eigenvalue weighted by molar-refractivity contribution is 0.0979. The van der Waals surface area contributed by atoms with Gasteiger partial charge in [-0.2, -0.15) is 0 Å². The summed E-state index contributed by atoms with van der Waals surface area (Å²) in [4.78, 5) is 12.0. The van der Waals surface area contributed by atoms with Crippen LogP contribution in [0.4, 0.5) is 0 Å². The first-order valence-electron chi connectivity index (χ1n) is 7.63. The zero-order valence-electron chi connectivity index (χ0n) is 12.3. The maximum absolute atomic E-state index is 12.0. The van der Waals surface area contributed by atoms with Crippen LogP contribution >= 0.6 is 27.5 Å². The van der Waals surface area contributed by atoms with Gasteiger partial charge < -0.3 is 0 Å². The van der Waals surface area contributed by atoms with E-state index < -0.39 is 0 Å². The van der Waals surface area contributed by atoms with Crippen molar-refractivity contribution in [2.24, 2.45) is 0 Å². The van der Waals surface area contributed by atoms with E-state index >= 15 is 0 Å². The highest BCUT2D eigenvalue weighted by molar-refractivity contribution is 9.10. The molecule has 0 aromatic heterocycles. The third-order valence-corrected chi connectivity index (χ3v) is 4.73. The molecule has 0 spiro atoms. The molecule has 1 rings (SSSR count). The molecule has 0 bridgehead atoms. The molecule has 0 unspecified atom stereocenters. The third-order valence-electron chi connectivity index (χ3n) is 3.50. The Kier molecular flexibility index (Phi) is 9.21. The van der Waals surface area contributed by atoms with Gasteiger partial charge in [0.15, 0.2) is 5.78 Å². The topological polar surface area (TPSA) is 17.1 Å². The number of carbonyl (C=O) groups excluding carboxylic acids is 1. The van der Waals surface area contributed by atoms with Crippen molar-refractivity contribution in [3.05, 3.63) is 33.3 Å². The number of hydrogen-bond donors (Lipinski definition) is 0. The van der Waals surface area contributed by atoms with Gasteiger partial charge in [-0.05, 0) is 34.5 Å². The van der Waals surface area contributed by atoms with Gasteiger partial charge in [-0.25, -0.2) is 0 Å². The summed E-state index contributed by atoms with van der Waals surface area (Å²) in [5.41, 5.74) is 0.723. The number of halogens is 2. The molecule has 0 aliphatic rings. The molecular weight excluding hydrogens is 336 g/mol. The molecule has 0 heterocycles. The van der Waals surface area contributed by atoms with Gasteiger partial charge in [0.1, 0.15) is 0 Å². The van der Waals surface area contributed by atoms with E-state index in [-0.39, 0.29) is 5.78 Å². The van der Waals surface area contributed by atoms with Crippen LogP contribution in [-0.4, -0.2) is 5.78 Å². The van der Waals surface area contributed by atoms with Gasteiger partial charge in [0.05, 0.1) is 5.02 Å². The highest BCUT2D eigenvalue weighted by Gasteiger charge is 2.07. The van der Waals surface area contributed by atoms with Crippen molar-refractivity contribution >= 4 is 33.3 Å². The van der Waals surface area contributed by atoms with Crippen LogP contribution in [0.5, 0.6) is 0 Å². The van der Waals surface area contributed by atoms with Crippen LogP contribution in [0.25, 0.3) is 0 Å². The van der Waals surface area contributed by atoms with Crippen molar-refractivity contribution in [2.75, 3.05) is 0 Å². The Bertz CT molecular complexity index is 417. The van der Waals surface area contributed by atoms with Crippen LogP contribution in [-0.2, 0) is 0 Å². The molecule has 0 fully saturated rings. The standard InChI is InChI=1S/C17H24BrClO/c1-2-3-4-5-6-7-8-9-10-17(20)14-11-12-15(18)16(19)13-14/h11-13H,2-10H2,1H3. The van der Waals surface area contributed by atoms with E-state index in [1.165, 1.54) is 38.5 Å². The second-order valence-corrected chi connectivity index (χ2v) is 6.54. The molecule has 1 nitrogen and oxygen atoms in total. The number of Topliss-reactive ketones (excluding diaryl/α,β-unsaturated/α-hetero) is 1. The van der Waals surface area contributed by atoms with Crippen LogP contribution in [0.1, 0.15) is 75.1 Å². The van der Waals surface area contributed by atoms with Gasteiger partial charge in [0.25, 0.3) is 0 Å². The molecular formula is C17H24BrClO. The van der Waals surface area contributed by atoms with Crippen molar-refractivity contribution in [1.29, 1.82) is 0 Å². The van der Waals surface area contributed by atoms with E-state index in [1.807, 2.05) is 12.1 Å². The monoisotopic (exact) mass is 358 g/mol. The van der Waals surface area contributed by atoms with Crippen molar-refractivity contribution in [1.82, 2.24) is 0 Å². The zero-order valence-corrected chi connectivity index (χ0v) is 14.6. The molecule has 1 aromatic rings. The number of unbranched alkanes of at least 4 members (excludes halogenated alkanes) is 7. The molecule has 0 saturated carbocycles. The van der Waals surface area contributed by atoms with E-state index in [0.29, 0.717) is 11.4 Å². The first-order valence-corrected chi connectivity index (χ1v) is 8.80. The SMILES string of the molecule is CCCCCCCCCCC(=O)c1ccc(Br)c(Cl)c1. The molecule has 0 atom stereocenters. The van der Waals surface area contributed by atoms with Crippen LogP contribution < -0.4 is 0 Å². The second kappa shape index (κ2) is 10.4. The molecule has 0 radical (unpaired) electrons. The Morgan fingerprint density at radius 1 is 1.05 bits per heavy atom. The molecule has 3 heteroatoms. The van der Waals surface area contributed by atoms with E-state index in [1.54, 1.807) is 6.07 Å². The summed E-state index contributed by atoms with van der Waals surface area (Å²) < 4.78 is 0.836. The number of benzene rings is 1. The van der Waals surface area contributed by atoms with Gasteiger partial charge in [0.2, 0.25) is 0 Å². The lowest BCUT2D eigenvalue weighted by Crippen LogP contribution is -1.98. The Hall–Kier alpha value is -0.340. The summed E-state index contributed by atoms with van der Waals surface area (Å²) in [6.45, 7) is 2.24. The van der Waals surface area contributed by atoms with Gasteiger partial charge in [-0.1, -0.05) is 69.5 Å². The fourth-order valence-corrected chi connectivity index (χ4v) is 2.66. The smallest absolute Gasteiger partial charge is 0.162 e. The maximum atomic E-state index is 12.0. The normalized spacial score (nSPS) is 10.8. The van der Waals surface area contributed by atoms with E-state index in [0.717, 1.165) is 22.9 Å². The molecule has 1 aromatic carbocycles. The van der Waals surface area contributed by atoms with E-state index in [2.05, 4.69) is 22.9 Å². The van der Waals surface area contributed by atoms with Crippen LogP contribution in [0.2, 0.25) is 5.02 Å². The lowest BCUT2D eigenvalue weighted by atomic mass is 10.0. The summed E-state index contributed by atoms with van der Waals surface area (Å²) in [5, 5.41) is 0.603. The molecule has 112 valence electrons. The Morgan fingerprint density at radius 3 is 2.25 bits per heavy atom. The number of ketones is 1. The lowest BCUT2D eigenvalue weighted by Gasteiger charge is -2.04. The quantitative estimate of drug-likeness (QED) is 0.331. The summed E-state index contributed by atoms with van der Waals surface area (Å²) in [5.74, 6) is 0.199. The highest BCUT2D eigenvalue weighted by Crippen LogP contribution is 2.24. The van der Waals surface area contributed by atoms with Crippen molar-refractivity contribution in [2.45, 2.75) is 64.7 Å². The highest BCUT2D eigenvalue weighted by atomic mass is 79.9. The predicted molar refractivity (Wildman–Crippen MR) is 90.7 cm³/mol. The number of carbonyl (C=O) groups is 1. The van der Waals surface area contributed by atoms with Crippen molar-refractivity contribution < 1.29 is 4.79 Å². The van der Waals surface area contributed by atoms with Crippen molar-refractivity contribution in [3.8, 4) is 0 Å². The molecule has 0 N–H and O–H groups in total. The van der Waals surface area contributed by atoms with Crippen LogP contribution in [0.15, 0.2) is 22.7 Å². The molecule has 0 amide bonds. The summed E-state index contributed by atoms with van der Waals surface area (Å²) >= 11 is 9.34. The molecule has 0 aliphatic carbocycles. The second-order valence-electron chi connectivity index (χ2n) is 5.28. The van der Waals surface area contributed by atoms with Gasteiger partial charge >= 0.3 is 0 Å². The largest absolute Gasteiger partial charge is 0.294 e.